The molecule has 0 N–H and O–H groups in total. The van der Waals surface area contributed by atoms with Crippen LogP contribution in [-0.4, -0.2) is 6.64 Å². The zero-order valence-corrected chi connectivity index (χ0v) is 15.5. The molecule has 0 saturated carbocycles. The minimum absolute atomic E-state index is 0.00854. The maximum Gasteiger partial charge on any atom is 0.383 e. The first-order valence-corrected chi connectivity index (χ1v) is 8.16. The van der Waals surface area contributed by atoms with Gasteiger partial charge in [-0.3, -0.25) is 0 Å². The van der Waals surface area contributed by atoms with Crippen LogP contribution in [0.1, 0.15) is 27.7 Å². The first-order valence-electron chi connectivity index (χ1n) is 7.49. The summed E-state index contributed by atoms with van der Waals surface area (Å²) < 4.78 is 6.05. The summed E-state index contributed by atoms with van der Waals surface area (Å²) in [6, 6.07) is 0. The zero-order valence-electron chi connectivity index (χ0n) is 14.3. The molecular formula is C19H28BOP. The first-order chi connectivity index (χ1) is 10.5. The first kappa shape index (κ1) is 20.5. The van der Waals surface area contributed by atoms with E-state index in [2.05, 4.69) is 53.5 Å². The van der Waals surface area contributed by atoms with Crippen LogP contribution in [0.5, 0.6) is 0 Å². The highest BCUT2D eigenvalue weighted by atomic mass is 31.0. The summed E-state index contributed by atoms with van der Waals surface area (Å²) in [5.41, 5.74) is 3.55. The highest BCUT2D eigenvalue weighted by molar-refractivity contribution is 7.60. The molecule has 0 rings (SSSR count). The van der Waals surface area contributed by atoms with Crippen LogP contribution in [-0.2, 0) is 4.65 Å². The predicted octanol–water partition coefficient (Wildman–Crippen LogP) is 6.04. The second kappa shape index (κ2) is 12.1. The van der Waals surface area contributed by atoms with Gasteiger partial charge in [0.25, 0.3) is 0 Å². The van der Waals surface area contributed by atoms with Crippen LogP contribution in [0.4, 0.5) is 0 Å². The van der Waals surface area contributed by atoms with E-state index in [1.165, 1.54) is 11.1 Å². The minimum Gasteiger partial charge on any atom is -0.556 e. The highest BCUT2D eigenvalue weighted by Gasteiger charge is 2.15. The molecule has 0 aliphatic rings. The lowest BCUT2D eigenvalue weighted by Gasteiger charge is -2.16. The van der Waals surface area contributed by atoms with Gasteiger partial charge in [0, 0.05) is 0 Å². The molecule has 0 fully saturated rings. The molecule has 22 heavy (non-hydrogen) atoms. The van der Waals surface area contributed by atoms with E-state index in [-0.39, 0.29) is 6.64 Å². The number of rotatable bonds is 9. The molecule has 118 valence electrons. The lowest BCUT2D eigenvalue weighted by molar-refractivity contribution is 0.460. The van der Waals surface area contributed by atoms with E-state index in [1.54, 1.807) is 12.2 Å². The molecule has 3 heteroatoms. The van der Waals surface area contributed by atoms with Gasteiger partial charge in [0.2, 0.25) is 0 Å². The Hall–Kier alpha value is -1.53. The third-order valence-electron chi connectivity index (χ3n) is 3.02. The van der Waals surface area contributed by atoms with Gasteiger partial charge in [-0.25, -0.2) is 0 Å². The molecule has 0 radical (unpaired) electrons. The van der Waals surface area contributed by atoms with E-state index in [0.29, 0.717) is 0 Å². The summed E-state index contributed by atoms with van der Waals surface area (Å²) in [6.07, 6.45) is 16.5. The average molecular weight is 314 g/mol. The summed E-state index contributed by atoms with van der Waals surface area (Å²) in [5.74, 6) is 0.818. The highest BCUT2D eigenvalue weighted by Crippen LogP contribution is 2.23. The van der Waals surface area contributed by atoms with Gasteiger partial charge in [-0.2, -0.15) is 0 Å². The SMILES string of the molecule is C=C/C=C(C)\C(=C/C=C)OB(P)CC(/C=C\C)=C(C)/C=C\C. The van der Waals surface area contributed by atoms with Crippen LogP contribution in [0.2, 0.25) is 6.32 Å². The molecule has 1 nitrogen and oxygen atoms in total. The quantitative estimate of drug-likeness (QED) is 0.218. The molecule has 0 heterocycles. The van der Waals surface area contributed by atoms with Crippen molar-refractivity contribution in [2.24, 2.45) is 0 Å². The Morgan fingerprint density at radius 3 is 2.14 bits per heavy atom. The maximum atomic E-state index is 6.05. The van der Waals surface area contributed by atoms with Crippen molar-refractivity contribution in [3.63, 3.8) is 0 Å². The van der Waals surface area contributed by atoms with E-state index in [4.69, 9.17) is 4.65 Å². The monoisotopic (exact) mass is 314 g/mol. The largest absolute Gasteiger partial charge is 0.556 e. The zero-order chi connectivity index (χ0) is 17.0. The Bertz CT molecular complexity index is 522. The van der Waals surface area contributed by atoms with Gasteiger partial charge in [-0.05, 0) is 56.8 Å². The van der Waals surface area contributed by atoms with Gasteiger partial charge in [0.05, 0.1) is 0 Å². The second-order valence-electron chi connectivity index (χ2n) is 4.92. The molecule has 0 spiro atoms. The van der Waals surface area contributed by atoms with Gasteiger partial charge >= 0.3 is 6.64 Å². The van der Waals surface area contributed by atoms with Crippen molar-refractivity contribution in [1.29, 1.82) is 0 Å². The molecular weight excluding hydrogens is 286 g/mol. The van der Waals surface area contributed by atoms with E-state index >= 15 is 0 Å². The standard InChI is InChI=1S/C19H28BOP/c1-7-11-16(5)18(13-9-3)15-20(22)21-19(14-10-4)17(6)12-8-2/h7-14H,2,4,15,22H2,1,3,5-6H3/b11-7-,13-9-,17-12-,18-16+,19-14+. The van der Waals surface area contributed by atoms with Crippen molar-refractivity contribution in [2.75, 3.05) is 0 Å². The fourth-order valence-corrected chi connectivity index (χ4v) is 2.37. The fourth-order valence-electron chi connectivity index (χ4n) is 1.97. The Labute approximate surface area is 139 Å². The van der Waals surface area contributed by atoms with Crippen molar-refractivity contribution in [2.45, 2.75) is 34.0 Å². The smallest absolute Gasteiger partial charge is 0.383 e. The van der Waals surface area contributed by atoms with Gasteiger partial charge in [-0.15, -0.1) is 9.12 Å². The minimum atomic E-state index is -0.00854. The Morgan fingerprint density at radius 2 is 1.64 bits per heavy atom. The number of allylic oxidation sites excluding steroid dienone is 11. The lowest BCUT2D eigenvalue weighted by atomic mass is 9.84. The van der Waals surface area contributed by atoms with Crippen LogP contribution in [0.3, 0.4) is 0 Å². The van der Waals surface area contributed by atoms with Crippen LogP contribution < -0.4 is 0 Å². The maximum absolute atomic E-state index is 6.05. The number of hydrogen-bond acceptors (Lipinski definition) is 1. The summed E-state index contributed by atoms with van der Waals surface area (Å²) in [6.45, 7) is 15.6. The topological polar surface area (TPSA) is 9.23 Å². The van der Waals surface area contributed by atoms with Crippen LogP contribution in [0.25, 0.3) is 0 Å². The molecule has 1 unspecified atom stereocenters. The molecule has 0 amide bonds. The summed E-state index contributed by atoms with van der Waals surface area (Å²) in [4.78, 5) is 0. The van der Waals surface area contributed by atoms with Crippen LogP contribution >= 0.6 is 9.12 Å². The van der Waals surface area contributed by atoms with Gasteiger partial charge in [0.15, 0.2) is 0 Å². The molecule has 0 aromatic rings. The Kier molecular flexibility index (Phi) is 11.2. The van der Waals surface area contributed by atoms with E-state index in [0.717, 1.165) is 17.7 Å². The van der Waals surface area contributed by atoms with Crippen molar-refractivity contribution >= 4 is 15.8 Å². The third kappa shape index (κ3) is 8.05. The molecule has 1 atom stereocenters. The molecule has 0 bridgehead atoms. The van der Waals surface area contributed by atoms with E-state index < -0.39 is 0 Å². The average Bonchev–Trinajstić information content (AvgIpc) is 2.46. The molecule has 0 aromatic heterocycles. The number of hydrogen-bond donors (Lipinski definition) is 0. The van der Waals surface area contributed by atoms with Gasteiger partial charge in [0.1, 0.15) is 5.76 Å². The van der Waals surface area contributed by atoms with Crippen LogP contribution in [0, 0.1) is 0 Å². The fraction of sp³-hybridized carbons (Fsp3) is 0.263. The van der Waals surface area contributed by atoms with Crippen molar-refractivity contribution < 1.29 is 4.65 Å². The summed E-state index contributed by atoms with van der Waals surface area (Å²) in [7, 11) is 2.77. The van der Waals surface area contributed by atoms with Gasteiger partial charge < -0.3 is 4.65 Å². The van der Waals surface area contributed by atoms with Gasteiger partial charge in [-0.1, -0.05) is 55.7 Å². The second-order valence-corrected chi connectivity index (χ2v) is 5.66. The molecule has 0 aromatic carbocycles. The normalized spacial score (nSPS) is 14.2. The van der Waals surface area contributed by atoms with E-state index in [1.807, 2.05) is 32.9 Å². The predicted molar refractivity (Wildman–Crippen MR) is 106 cm³/mol. The molecule has 0 aliphatic heterocycles. The van der Waals surface area contributed by atoms with Crippen molar-refractivity contribution in [3.8, 4) is 0 Å². The summed E-state index contributed by atoms with van der Waals surface area (Å²) in [5, 5.41) is 0. The molecule has 0 saturated heterocycles. The van der Waals surface area contributed by atoms with Crippen LogP contribution in [0.15, 0.2) is 84.2 Å². The Balaban J connectivity index is 5.17. The lowest BCUT2D eigenvalue weighted by Crippen LogP contribution is -2.11. The van der Waals surface area contributed by atoms with E-state index in [9.17, 15) is 0 Å². The summed E-state index contributed by atoms with van der Waals surface area (Å²) >= 11 is 0. The van der Waals surface area contributed by atoms with Crippen molar-refractivity contribution in [1.82, 2.24) is 0 Å². The Morgan fingerprint density at radius 1 is 1.05 bits per heavy atom. The third-order valence-corrected chi connectivity index (χ3v) is 3.39. The molecule has 0 aliphatic carbocycles. The van der Waals surface area contributed by atoms with Crippen molar-refractivity contribution in [3.05, 3.63) is 84.2 Å².